The van der Waals surface area contributed by atoms with E-state index < -0.39 is 0 Å². The Hall–Kier alpha value is -3.19. The minimum absolute atomic E-state index is 0.0459. The third-order valence-corrected chi connectivity index (χ3v) is 6.40. The summed E-state index contributed by atoms with van der Waals surface area (Å²) >= 11 is 0. The van der Waals surface area contributed by atoms with Crippen molar-refractivity contribution >= 4 is 5.91 Å². The second-order valence-electron chi connectivity index (χ2n) is 10.4. The van der Waals surface area contributed by atoms with E-state index >= 15 is 0 Å². The van der Waals surface area contributed by atoms with Gasteiger partial charge in [-0.25, -0.2) is 0 Å². The van der Waals surface area contributed by atoms with Crippen molar-refractivity contribution < 1.29 is 14.1 Å². The number of nitrogens with one attached hydrogen (secondary N) is 1. The van der Waals surface area contributed by atoms with E-state index in [-0.39, 0.29) is 17.2 Å². The second kappa shape index (κ2) is 11.0. The van der Waals surface area contributed by atoms with Gasteiger partial charge in [0.05, 0.1) is 19.0 Å². The molecule has 0 aliphatic carbocycles. The largest absolute Gasteiger partial charge is 0.492 e. The number of aryl methyl sites for hydroxylation is 1. The molecule has 0 bridgehead atoms. The summed E-state index contributed by atoms with van der Waals surface area (Å²) in [7, 11) is 0. The minimum Gasteiger partial charge on any atom is -0.492 e. The maximum Gasteiger partial charge on any atom is 0.241 e. The van der Waals surface area contributed by atoms with Gasteiger partial charge in [-0.3, -0.25) is 9.69 Å². The van der Waals surface area contributed by atoms with Crippen LogP contribution >= 0.6 is 0 Å². The Bertz CT molecular complexity index is 1100. The number of carbonyl (C=O) groups excluding carboxylic acids is 1. The normalized spacial score (nSPS) is 16.7. The van der Waals surface area contributed by atoms with Gasteiger partial charge in [-0.05, 0) is 49.4 Å². The van der Waals surface area contributed by atoms with Gasteiger partial charge in [-0.2, -0.15) is 4.98 Å². The van der Waals surface area contributed by atoms with Crippen molar-refractivity contribution in [3.8, 4) is 17.1 Å². The zero-order valence-electron chi connectivity index (χ0n) is 21.2. The lowest BCUT2D eigenvalue weighted by molar-refractivity contribution is -0.126. The second-order valence-corrected chi connectivity index (χ2v) is 10.4. The van der Waals surface area contributed by atoms with Gasteiger partial charge in [-0.15, -0.1) is 0 Å². The number of piperidine rings is 1. The molecule has 186 valence electrons. The first-order valence-electron chi connectivity index (χ1n) is 12.4. The number of hydrogen-bond acceptors (Lipinski definition) is 6. The highest BCUT2D eigenvalue weighted by molar-refractivity contribution is 5.78. The third-order valence-electron chi connectivity index (χ3n) is 6.40. The Kier molecular flexibility index (Phi) is 7.86. The van der Waals surface area contributed by atoms with E-state index in [9.17, 15) is 4.79 Å². The predicted molar refractivity (Wildman–Crippen MR) is 136 cm³/mol. The molecule has 2 aromatic carbocycles. The van der Waals surface area contributed by atoms with Crippen molar-refractivity contribution in [2.75, 3.05) is 26.2 Å². The number of hydrogen-bond donors (Lipinski definition) is 1. The van der Waals surface area contributed by atoms with Crippen LogP contribution in [0, 0.1) is 12.8 Å². The SMILES string of the molecule is Cc1ccc(OCCNC(=O)C2CCCN(Cc3nc(-c4ccc(C(C)(C)C)cc4)no3)C2)cc1. The molecule has 0 spiro atoms. The van der Waals surface area contributed by atoms with Crippen LogP contribution in [0.1, 0.15) is 50.6 Å². The number of amides is 1. The van der Waals surface area contributed by atoms with Crippen molar-refractivity contribution in [3.63, 3.8) is 0 Å². The zero-order chi connectivity index (χ0) is 24.8. The smallest absolute Gasteiger partial charge is 0.241 e. The molecular formula is C28H36N4O3. The van der Waals surface area contributed by atoms with Gasteiger partial charge in [0, 0.05) is 12.1 Å². The molecule has 1 aromatic heterocycles. The number of benzene rings is 2. The summed E-state index contributed by atoms with van der Waals surface area (Å²) in [5, 5.41) is 7.19. The van der Waals surface area contributed by atoms with Crippen LogP contribution in [0.3, 0.4) is 0 Å². The molecule has 1 unspecified atom stereocenters. The van der Waals surface area contributed by atoms with Gasteiger partial charge in [-0.1, -0.05) is 67.9 Å². The fourth-order valence-corrected chi connectivity index (χ4v) is 4.28. The van der Waals surface area contributed by atoms with Gasteiger partial charge in [0.15, 0.2) is 0 Å². The van der Waals surface area contributed by atoms with Crippen LogP contribution in [-0.2, 0) is 16.8 Å². The molecule has 7 heteroatoms. The van der Waals surface area contributed by atoms with Crippen LogP contribution < -0.4 is 10.1 Å². The highest BCUT2D eigenvalue weighted by Gasteiger charge is 2.27. The molecule has 0 saturated carbocycles. The topological polar surface area (TPSA) is 80.5 Å². The van der Waals surface area contributed by atoms with Crippen molar-refractivity contribution in [1.29, 1.82) is 0 Å². The summed E-state index contributed by atoms with van der Waals surface area (Å²) in [4.78, 5) is 19.5. The van der Waals surface area contributed by atoms with Crippen LogP contribution in [0.4, 0.5) is 0 Å². The quantitative estimate of drug-likeness (QED) is 0.473. The molecule has 1 aliphatic heterocycles. The summed E-state index contributed by atoms with van der Waals surface area (Å²) in [6.45, 7) is 11.7. The Morgan fingerprint density at radius 1 is 1.14 bits per heavy atom. The molecule has 4 rings (SSSR count). The van der Waals surface area contributed by atoms with E-state index in [0.29, 0.717) is 38.0 Å². The Morgan fingerprint density at radius 2 is 1.89 bits per heavy atom. The molecule has 1 aliphatic rings. The van der Waals surface area contributed by atoms with Gasteiger partial charge >= 0.3 is 0 Å². The van der Waals surface area contributed by atoms with E-state index in [0.717, 1.165) is 30.7 Å². The average Bonchev–Trinajstić information content (AvgIpc) is 3.31. The van der Waals surface area contributed by atoms with Crippen LogP contribution in [0.15, 0.2) is 53.1 Å². The van der Waals surface area contributed by atoms with Crippen LogP contribution in [0.25, 0.3) is 11.4 Å². The lowest BCUT2D eigenvalue weighted by Crippen LogP contribution is -2.43. The first-order valence-corrected chi connectivity index (χ1v) is 12.4. The maximum atomic E-state index is 12.7. The highest BCUT2D eigenvalue weighted by atomic mass is 16.5. The monoisotopic (exact) mass is 476 g/mol. The first-order chi connectivity index (χ1) is 16.8. The lowest BCUT2D eigenvalue weighted by Gasteiger charge is -2.30. The summed E-state index contributed by atoms with van der Waals surface area (Å²) < 4.78 is 11.2. The molecule has 35 heavy (non-hydrogen) atoms. The van der Waals surface area contributed by atoms with Gasteiger partial charge in [0.2, 0.25) is 17.6 Å². The number of rotatable bonds is 8. The number of ether oxygens (including phenoxy) is 1. The molecule has 1 saturated heterocycles. The van der Waals surface area contributed by atoms with E-state index in [1.807, 2.05) is 43.3 Å². The lowest BCUT2D eigenvalue weighted by atomic mass is 9.87. The van der Waals surface area contributed by atoms with Crippen molar-refractivity contribution in [2.45, 2.75) is 52.5 Å². The summed E-state index contributed by atoms with van der Waals surface area (Å²) in [6.07, 6.45) is 1.85. The third kappa shape index (κ3) is 6.92. The van der Waals surface area contributed by atoms with E-state index in [1.54, 1.807) is 0 Å². The van der Waals surface area contributed by atoms with E-state index in [2.05, 4.69) is 53.3 Å². The first kappa shape index (κ1) is 24.9. The number of nitrogens with zero attached hydrogens (tertiary/aromatic N) is 3. The van der Waals surface area contributed by atoms with Gasteiger partial charge in [0.25, 0.3) is 0 Å². The number of carbonyl (C=O) groups is 1. The Labute approximate surface area is 207 Å². The molecule has 7 nitrogen and oxygen atoms in total. The van der Waals surface area contributed by atoms with Crippen LogP contribution in [0.2, 0.25) is 0 Å². The van der Waals surface area contributed by atoms with Crippen molar-refractivity contribution in [1.82, 2.24) is 20.4 Å². The highest BCUT2D eigenvalue weighted by Crippen LogP contribution is 2.25. The van der Waals surface area contributed by atoms with Crippen molar-refractivity contribution in [3.05, 3.63) is 65.5 Å². The van der Waals surface area contributed by atoms with Gasteiger partial charge < -0.3 is 14.6 Å². The summed E-state index contributed by atoms with van der Waals surface area (Å²) in [6, 6.07) is 16.2. The Morgan fingerprint density at radius 3 is 2.60 bits per heavy atom. The standard InChI is InChI=1S/C28H36N4O3/c1-20-7-13-24(14-8-20)34-17-15-29-27(33)22-6-5-16-32(18-22)19-25-30-26(31-35-25)21-9-11-23(12-10-21)28(2,3)4/h7-14,22H,5-6,15-19H2,1-4H3,(H,29,33). The van der Waals surface area contributed by atoms with Crippen molar-refractivity contribution in [2.24, 2.45) is 5.92 Å². The van der Waals surface area contributed by atoms with Crippen LogP contribution in [0.5, 0.6) is 5.75 Å². The molecule has 1 amide bonds. The van der Waals surface area contributed by atoms with Gasteiger partial charge in [0.1, 0.15) is 12.4 Å². The molecule has 3 aromatic rings. The molecule has 1 fully saturated rings. The number of aromatic nitrogens is 2. The Balaban J connectivity index is 1.24. The minimum atomic E-state index is -0.0459. The maximum absolute atomic E-state index is 12.7. The predicted octanol–water partition coefficient (Wildman–Crippen LogP) is 4.75. The van der Waals surface area contributed by atoms with E-state index in [4.69, 9.17) is 9.26 Å². The fraction of sp³-hybridized carbons (Fsp3) is 0.464. The number of likely N-dealkylation sites (tertiary alicyclic amines) is 1. The molecule has 2 heterocycles. The fourth-order valence-electron chi connectivity index (χ4n) is 4.28. The zero-order valence-corrected chi connectivity index (χ0v) is 21.2. The molecular weight excluding hydrogens is 440 g/mol. The average molecular weight is 477 g/mol. The molecule has 1 atom stereocenters. The molecule has 1 N–H and O–H groups in total. The summed E-state index contributed by atoms with van der Waals surface area (Å²) in [5.41, 5.74) is 3.51. The summed E-state index contributed by atoms with van der Waals surface area (Å²) in [5.74, 6) is 2.02. The van der Waals surface area contributed by atoms with Crippen LogP contribution in [-0.4, -0.2) is 47.2 Å². The van der Waals surface area contributed by atoms with E-state index in [1.165, 1.54) is 11.1 Å². The molecule has 0 radical (unpaired) electrons.